The number of carbonyl (C=O) groups excluding carboxylic acids is 1. The van der Waals surface area contributed by atoms with Crippen LogP contribution in [-0.2, 0) is 0 Å². The topological polar surface area (TPSA) is 55.3 Å². The molecule has 1 atom stereocenters. The van der Waals surface area contributed by atoms with E-state index in [0.29, 0.717) is 18.7 Å². The standard InChI is InChI=1S/C17H14BrN3O2S/c18-13-8-19-5-3-15(13)23-12-4-6-21(9-12)17(22)11-1-2-14-16(7-11)24-10-20-14/h1-3,5,7-8,10,12H,4,6,9H2. The highest BCUT2D eigenvalue weighted by Crippen LogP contribution is 2.27. The summed E-state index contributed by atoms with van der Waals surface area (Å²) in [7, 11) is 0. The van der Waals surface area contributed by atoms with Gasteiger partial charge in [0.25, 0.3) is 5.91 Å². The monoisotopic (exact) mass is 403 g/mol. The Balaban J connectivity index is 1.46. The Morgan fingerprint density at radius 2 is 2.29 bits per heavy atom. The number of aromatic nitrogens is 2. The summed E-state index contributed by atoms with van der Waals surface area (Å²) in [5.41, 5.74) is 3.44. The maximum absolute atomic E-state index is 12.7. The molecule has 24 heavy (non-hydrogen) atoms. The molecular formula is C17H14BrN3O2S. The third-order valence-corrected chi connectivity index (χ3v) is 5.43. The van der Waals surface area contributed by atoms with Crippen molar-refractivity contribution in [2.24, 2.45) is 0 Å². The zero-order valence-corrected chi connectivity index (χ0v) is 15.1. The number of rotatable bonds is 3. The van der Waals surface area contributed by atoms with Gasteiger partial charge >= 0.3 is 0 Å². The number of halogens is 1. The van der Waals surface area contributed by atoms with Gasteiger partial charge in [-0.2, -0.15) is 0 Å². The highest BCUT2D eigenvalue weighted by atomic mass is 79.9. The van der Waals surface area contributed by atoms with Crippen molar-refractivity contribution >= 4 is 43.4 Å². The number of nitrogens with zero attached hydrogens (tertiary/aromatic N) is 3. The smallest absolute Gasteiger partial charge is 0.254 e. The van der Waals surface area contributed by atoms with Crippen molar-refractivity contribution in [3.63, 3.8) is 0 Å². The first kappa shape index (κ1) is 15.5. The number of amides is 1. The van der Waals surface area contributed by atoms with Crippen LogP contribution in [0.2, 0.25) is 0 Å². The van der Waals surface area contributed by atoms with Gasteiger partial charge in [-0.15, -0.1) is 11.3 Å². The summed E-state index contributed by atoms with van der Waals surface area (Å²) in [5, 5.41) is 0. The van der Waals surface area contributed by atoms with E-state index in [1.165, 1.54) is 0 Å². The Morgan fingerprint density at radius 1 is 1.38 bits per heavy atom. The summed E-state index contributed by atoms with van der Waals surface area (Å²) >= 11 is 4.98. The predicted octanol–water partition coefficient (Wildman–Crippen LogP) is 3.75. The van der Waals surface area contributed by atoms with Crippen LogP contribution >= 0.6 is 27.3 Å². The molecule has 3 heterocycles. The molecule has 1 aliphatic heterocycles. The van der Waals surface area contributed by atoms with E-state index in [1.54, 1.807) is 29.2 Å². The Morgan fingerprint density at radius 3 is 3.17 bits per heavy atom. The SMILES string of the molecule is O=C(c1ccc2ncsc2c1)N1CCC(Oc2ccncc2Br)C1. The molecule has 3 aromatic rings. The number of fused-ring (bicyclic) bond motifs is 1. The summed E-state index contributed by atoms with van der Waals surface area (Å²) in [6.07, 6.45) is 4.23. The first-order valence-corrected chi connectivity index (χ1v) is 9.26. The van der Waals surface area contributed by atoms with Crippen LogP contribution in [0.1, 0.15) is 16.8 Å². The molecule has 0 N–H and O–H groups in total. The Labute approximate surface area is 151 Å². The maximum atomic E-state index is 12.7. The first-order valence-electron chi connectivity index (χ1n) is 7.59. The fourth-order valence-corrected chi connectivity index (χ4v) is 3.88. The number of carbonyl (C=O) groups is 1. The molecule has 0 radical (unpaired) electrons. The van der Waals surface area contributed by atoms with Gasteiger partial charge in [0.15, 0.2) is 0 Å². The molecule has 1 aliphatic rings. The molecule has 7 heteroatoms. The molecule has 2 aromatic heterocycles. The van der Waals surface area contributed by atoms with Gasteiger partial charge in [-0.3, -0.25) is 9.78 Å². The molecule has 0 bridgehead atoms. The minimum absolute atomic E-state index is 0.000199. The van der Waals surface area contributed by atoms with Crippen molar-refractivity contribution in [1.82, 2.24) is 14.9 Å². The molecule has 5 nitrogen and oxygen atoms in total. The maximum Gasteiger partial charge on any atom is 0.254 e. The van der Waals surface area contributed by atoms with Crippen LogP contribution in [-0.4, -0.2) is 40.0 Å². The second kappa shape index (κ2) is 6.49. The summed E-state index contributed by atoms with van der Waals surface area (Å²) in [4.78, 5) is 22.8. The number of hydrogen-bond acceptors (Lipinski definition) is 5. The van der Waals surface area contributed by atoms with Crippen LogP contribution < -0.4 is 4.74 Å². The zero-order chi connectivity index (χ0) is 16.5. The summed E-state index contributed by atoms with van der Waals surface area (Å²) in [6.45, 7) is 1.29. The second-order valence-electron chi connectivity index (χ2n) is 5.62. The highest BCUT2D eigenvalue weighted by molar-refractivity contribution is 9.10. The lowest BCUT2D eigenvalue weighted by Crippen LogP contribution is -2.30. The normalized spacial score (nSPS) is 17.4. The lowest BCUT2D eigenvalue weighted by molar-refractivity contribution is 0.0772. The number of thiazole rings is 1. The molecule has 1 unspecified atom stereocenters. The van der Waals surface area contributed by atoms with Crippen molar-refractivity contribution < 1.29 is 9.53 Å². The molecule has 1 fully saturated rings. The molecule has 0 saturated carbocycles. The Kier molecular flexibility index (Phi) is 4.20. The minimum atomic E-state index is -0.000199. The number of likely N-dealkylation sites (tertiary alicyclic amines) is 1. The van der Waals surface area contributed by atoms with Crippen LogP contribution in [0.5, 0.6) is 5.75 Å². The number of ether oxygens (including phenoxy) is 1. The fraction of sp³-hybridized carbons (Fsp3) is 0.235. The lowest BCUT2D eigenvalue weighted by Gasteiger charge is -2.17. The van der Waals surface area contributed by atoms with Crippen molar-refractivity contribution in [2.75, 3.05) is 13.1 Å². The van der Waals surface area contributed by atoms with Gasteiger partial charge < -0.3 is 9.64 Å². The van der Waals surface area contributed by atoms with E-state index >= 15 is 0 Å². The van der Waals surface area contributed by atoms with Crippen molar-refractivity contribution in [3.8, 4) is 5.75 Å². The van der Waals surface area contributed by atoms with Crippen molar-refractivity contribution in [2.45, 2.75) is 12.5 Å². The van der Waals surface area contributed by atoms with Gasteiger partial charge in [-0.25, -0.2) is 4.98 Å². The van der Waals surface area contributed by atoms with E-state index in [-0.39, 0.29) is 12.0 Å². The second-order valence-corrected chi connectivity index (χ2v) is 7.36. The molecule has 4 rings (SSSR count). The van der Waals surface area contributed by atoms with Crippen LogP contribution in [0.15, 0.2) is 46.6 Å². The molecule has 122 valence electrons. The molecule has 1 amide bonds. The molecule has 0 aliphatic carbocycles. The van der Waals surface area contributed by atoms with E-state index in [1.807, 2.05) is 29.2 Å². The van der Waals surface area contributed by atoms with Crippen molar-refractivity contribution in [1.29, 1.82) is 0 Å². The van der Waals surface area contributed by atoms with Gasteiger partial charge in [0.1, 0.15) is 11.9 Å². The number of hydrogen-bond donors (Lipinski definition) is 0. The third-order valence-electron chi connectivity index (χ3n) is 4.04. The van der Waals surface area contributed by atoms with Crippen LogP contribution in [0.3, 0.4) is 0 Å². The lowest BCUT2D eigenvalue weighted by atomic mass is 10.2. The molecular weight excluding hydrogens is 390 g/mol. The van der Waals surface area contributed by atoms with E-state index in [9.17, 15) is 4.79 Å². The van der Waals surface area contributed by atoms with Gasteiger partial charge in [0.2, 0.25) is 0 Å². The first-order chi connectivity index (χ1) is 11.7. The summed E-state index contributed by atoms with van der Waals surface area (Å²) in [6, 6.07) is 7.49. The summed E-state index contributed by atoms with van der Waals surface area (Å²) < 4.78 is 7.85. The minimum Gasteiger partial charge on any atom is -0.487 e. The van der Waals surface area contributed by atoms with E-state index < -0.39 is 0 Å². The van der Waals surface area contributed by atoms with E-state index in [2.05, 4.69) is 25.9 Å². The van der Waals surface area contributed by atoms with Crippen LogP contribution in [0.4, 0.5) is 0 Å². The third kappa shape index (κ3) is 3.01. The Bertz CT molecular complexity index is 898. The van der Waals surface area contributed by atoms with Crippen molar-refractivity contribution in [3.05, 3.63) is 52.2 Å². The van der Waals surface area contributed by atoms with Crippen LogP contribution in [0, 0.1) is 0 Å². The Hall–Kier alpha value is -1.99. The number of benzene rings is 1. The van der Waals surface area contributed by atoms with Gasteiger partial charge in [-0.05, 0) is 40.2 Å². The average Bonchev–Trinajstić information content (AvgIpc) is 3.24. The van der Waals surface area contributed by atoms with Gasteiger partial charge in [0.05, 0.1) is 26.7 Å². The zero-order valence-electron chi connectivity index (χ0n) is 12.7. The fourth-order valence-electron chi connectivity index (χ4n) is 2.82. The quantitative estimate of drug-likeness (QED) is 0.667. The van der Waals surface area contributed by atoms with E-state index in [4.69, 9.17) is 4.74 Å². The highest BCUT2D eigenvalue weighted by Gasteiger charge is 2.28. The largest absolute Gasteiger partial charge is 0.487 e. The number of pyridine rings is 1. The average molecular weight is 404 g/mol. The predicted molar refractivity (Wildman–Crippen MR) is 96.5 cm³/mol. The van der Waals surface area contributed by atoms with Gasteiger partial charge in [-0.1, -0.05) is 0 Å². The van der Waals surface area contributed by atoms with Gasteiger partial charge in [0, 0.05) is 30.9 Å². The summed E-state index contributed by atoms with van der Waals surface area (Å²) in [5.74, 6) is 0.806. The van der Waals surface area contributed by atoms with Crippen LogP contribution in [0.25, 0.3) is 10.2 Å². The van der Waals surface area contributed by atoms with E-state index in [0.717, 1.165) is 26.9 Å². The molecule has 1 aromatic carbocycles. The molecule has 1 saturated heterocycles. The molecule has 0 spiro atoms.